The SMILES string of the molecule is COc1cc(C(C)=NNC(=O)CCCNc2ccc(C)cc2)ccc1OCc1ccccc1. The van der Waals surface area contributed by atoms with Crippen LogP contribution < -0.4 is 20.2 Å². The molecule has 1 amide bonds. The molecule has 172 valence electrons. The lowest BCUT2D eigenvalue weighted by Gasteiger charge is -2.12. The molecule has 0 spiro atoms. The van der Waals surface area contributed by atoms with Crippen LogP contribution in [0.4, 0.5) is 5.69 Å². The van der Waals surface area contributed by atoms with Crippen LogP contribution in [0.2, 0.25) is 0 Å². The Hall–Kier alpha value is -3.80. The molecule has 0 fully saturated rings. The second-order valence-electron chi connectivity index (χ2n) is 7.77. The van der Waals surface area contributed by atoms with Crippen molar-refractivity contribution in [1.29, 1.82) is 0 Å². The predicted molar refractivity (Wildman–Crippen MR) is 133 cm³/mol. The van der Waals surface area contributed by atoms with Gasteiger partial charge in [-0.3, -0.25) is 4.79 Å². The fraction of sp³-hybridized carbons (Fsp3) is 0.259. The summed E-state index contributed by atoms with van der Waals surface area (Å²) in [5.41, 5.74) is 7.53. The molecule has 0 aliphatic rings. The zero-order chi connectivity index (χ0) is 23.5. The van der Waals surface area contributed by atoms with Gasteiger partial charge in [0, 0.05) is 24.2 Å². The topological polar surface area (TPSA) is 72.0 Å². The molecular weight excluding hydrogens is 414 g/mol. The highest BCUT2D eigenvalue weighted by molar-refractivity contribution is 5.99. The van der Waals surface area contributed by atoms with Gasteiger partial charge in [0.25, 0.3) is 0 Å². The maximum Gasteiger partial charge on any atom is 0.240 e. The molecule has 3 rings (SSSR count). The average molecular weight is 446 g/mol. The monoisotopic (exact) mass is 445 g/mol. The number of nitrogens with zero attached hydrogens (tertiary/aromatic N) is 1. The van der Waals surface area contributed by atoms with Gasteiger partial charge in [0.1, 0.15) is 6.61 Å². The van der Waals surface area contributed by atoms with Crippen molar-refractivity contribution in [2.45, 2.75) is 33.3 Å². The Balaban J connectivity index is 1.47. The second-order valence-corrected chi connectivity index (χ2v) is 7.77. The number of hydrogen-bond donors (Lipinski definition) is 2. The first-order chi connectivity index (χ1) is 16.0. The molecule has 33 heavy (non-hydrogen) atoms. The van der Waals surface area contributed by atoms with Crippen LogP contribution in [0.25, 0.3) is 0 Å². The third-order valence-corrected chi connectivity index (χ3v) is 5.13. The summed E-state index contributed by atoms with van der Waals surface area (Å²) in [6, 6.07) is 23.8. The molecule has 0 aromatic heterocycles. The highest BCUT2D eigenvalue weighted by atomic mass is 16.5. The van der Waals surface area contributed by atoms with Crippen molar-refractivity contribution in [1.82, 2.24) is 5.43 Å². The molecular formula is C27H31N3O3. The lowest BCUT2D eigenvalue weighted by atomic mass is 10.1. The number of hydrogen-bond acceptors (Lipinski definition) is 5. The molecule has 0 unspecified atom stereocenters. The summed E-state index contributed by atoms with van der Waals surface area (Å²) in [5.74, 6) is 1.16. The van der Waals surface area contributed by atoms with E-state index < -0.39 is 0 Å². The first kappa shape index (κ1) is 23.9. The normalized spacial score (nSPS) is 11.1. The number of rotatable bonds is 11. The van der Waals surface area contributed by atoms with Gasteiger partial charge in [-0.25, -0.2) is 5.43 Å². The highest BCUT2D eigenvalue weighted by Gasteiger charge is 2.09. The summed E-state index contributed by atoms with van der Waals surface area (Å²) in [5, 5.41) is 7.55. The molecule has 0 aliphatic carbocycles. The molecule has 2 N–H and O–H groups in total. The van der Waals surface area contributed by atoms with Crippen molar-refractivity contribution >= 4 is 17.3 Å². The van der Waals surface area contributed by atoms with Crippen molar-refractivity contribution in [3.05, 3.63) is 89.5 Å². The van der Waals surface area contributed by atoms with Crippen LogP contribution in [0.5, 0.6) is 11.5 Å². The van der Waals surface area contributed by atoms with Crippen LogP contribution in [0.3, 0.4) is 0 Å². The van der Waals surface area contributed by atoms with Gasteiger partial charge in [-0.1, -0.05) is 48.0 Å². The van der Waals surface area contributed by atoms with Crippen LogP contribution in [0.15, 0.2) is 77.9 Å². The Kier molecular flexibility index (Phi) is 8.88. The number of benzene rings is 3. The zero-order valence-corrected chi connectivity index (χ0v) is 19.4. The Labute approximate surface area is 195 Å². The van der Waals surface area contributed by atoms with Gasteiger partial charge >= 0.3 is 0 Å². The second kappa shape index (κ2) is 12.3. The van der Waals surface area contributed by atoms with Crippen molar-refractivity contribution in [3.63, 3.8) is 0 Å². The average Bonchev–Trinajstić information content (AvgIpc) is 2.85. The van der Waals surface area contributed by atoms with Crippen LogP contribution in [-0.4, -0.2) is 25.3 Å². The highest BCUT2D eigenvalue weighted by Crippen LogP contribution is 2.29. The lowest BCUT2D eigenvalue weighted by Crippen LogP contribution is -2.20. The van der Waals surface area contributed by atoms with Gasteiger partial charge in [0.05, 0.1) is 12.8 Å². The molecule has 3 aromatic rings. The summed E-state index contributed by atoms with van der Waals surface area (Å²) in [6.45, 7) is 5.08. The van der Waals surface area contributed by atoms with Crippen LogP contribution in [0.1, 0.15) is 36.5 Å². The number of anilines is 1. The Morgan fingerprint density at radius 2 is 1.73 bits per heavy atom. The number of carbonyl (C=O) groups is 1. The molecule has 0 saturated carbocycles. The number of carbonyl (C=O) groups excluding carboxylic acids is 1. The van der Waals surface area contributed by atoms with Crippen molar-refractivity contribution < 1.29 is 14.3 Å². The van der Waals surface area contributed by atoms with Gasteiger partial charge in [-0.15, -0.1) is 0 Å². The summed E-state index contributed by atoms with van der Waals surface area (Å²) in [6.07, 6.45) is 1.11. The Morgan fingerprint density at radius 1 is 0.970 bits per heavy atom. The van der Waals surface area contributed by atoms with E-state index in [0.717, 1.165) is 29.8 Å². The molecule has 0 saturated heterocycles. The van der Waals surface area contributed by atoms with Gasteiger partial charge in [-0.2, -0.15) is 5.10 Å². The molecule has 6 nitrogen and oxygen atoms in total. The van der Waals surface area contributed by atoms with Crippen molar-refractivity contribution in [3.8, 4) is 11.5 Å². The van der Waals surface area contributed by atoms with Crippen LogP contribution in [0, 0.1) is 6.92 Å². The van der Waals surface area contributed by atoms with Crippen molar-refractivity contribution in [2.24, 2.45) is 5.10 Å². The molecule has 3 aromatic carbocycles. The first-order valence-corrected chi connectivity index (χ1v) is 11.0. The first-order valence-electron chi connectivity index (χ1n) is 11.0. The fourth-order valence-electron chi connectivity index (χ4n) is 3.17. The lowest BCUT2D eigenvalue weighted by molar-refractivity contribution is -0.121. The molecule has 0 bridgehead atoms. The van der Waals surface area contributed by atoms with Gasteiger partial charge in [0.2, 0.25) is 5.91 Å². The van der Waals surface area contributed by atoms with Gasteiger partial charge in [-0.05, 0) is 56.2 Å². The summed E-state index contributed by atoms with van der Waals surface area (Å²) < 4.78 is 11.4. The van der Waals surface area contributed by atoms with Crippen LogP contribution >= 0.6 is 0 Å². The smallest absolute Gasteiger partial charge is 0.240 e. The van der Waals surface area contributed by atoms with Gasteiger partial charge < -0.3 is 14.8 Å². The summed E-state index contributed by atoms with van der Waals surface area (Å²) in [4.78, 5) is 12.1. The summed E-state index contributed by atoms with van der Waals surface area (Å²) in [7, 11) is 1.60. The Bertz CT molecular complexity index is 1060. The minimum absolute atomic E-state index is 0.116. The van der Waals surface area contributed by atoms with E-state index in [1.54, 1.807) is 7.11 Å². The van der Waals surface area contributed by atoms with E-state index in [1.807, 2.05) is 67.6 Å². The minimum Gasteiger partial charge on any atom is -0.493 e. The van der Waals surface area contributed by atoms with Crippen molar-refractivity contribution in [2.75, 3.05) is 19.0 Å². The summed E-state index contributed by atoms with van der Waals surface area (Å²) >= 11 is 0. The standard InChI is InChI=1S/C27H31N3O3/c1-20-11-14-24(15-12-20)28-17-7-10-27(31)30-29-21(2)23-13-16-25(26(18-23)32-3)33-19-22-8-5-4-6-9-22/h4-6,8-9,11-16,18,28H,7,10,17,19H2,1-3H3,(H,30,31). The minimum atomic E-state index is -0.116. The fourth-order valence-corrected chi connectivity index (χ4v) is 3.17. The maximum absolute atomic E-state index is 12.1. The van der Waals surface area contributed by atoms with Gasteiger partial charge in [0.15, 0.2) is 11.5 Å². The molecule has 0 heterocycles. The van der Waals surface area contributed by atoms with E-state index in [4.69, 9.17) is 9.47 Å². The predicted octanol–water partition coefficient (Wildman–Crippen LogP) is 5.32. The zero-order valence-electron chi connectivity index (χ0n) is 19.4. The number of nitrogens with one attached hydrogen (secondary N) is 2. The molecule has 0 radical (unpaired) electrons. The number of aryl methyl sites for hydroxylation is 1. The number of methoxy groups -OCH3 is 1. The largest absolute Gasteiger partial charge is 0.493 e. The van der Waals surface area contributed by atoms with E-state index >= 15 is 0 Å². The van der Waals surface area contributed by atoms with E-state index in [9.17, 15) is 4.79 Å². The number of hydrazone groups is 1. The third-order valence-electron chi connectivity index (χ3n) is 5.13. The quantitative estimate of drug-likeness (QED) is 0.238. The number of amides is 1. The third kappa shape index (κ3) is 7.68. The van der Waals surface area contributed by atoms with E-state index in [0.29, 0.717) is 30.2 Å². The molecule has 0 aliphatic heterocycles. The number of ether oxygens (including phenoxy) is 2. The van der Waals surface area contributed by atoms with E-state index in [1.165, 1.54) is 5.56 Å². The molecule has 6 heteroatoms. The Morgan fingerprint density at radius 3 is 2.45 bits per heavy atom. The maximum atomic E-state index is 12.1. The molecule has 0 atom stereocenters. The van der Waals surface area contributed by atoms with Crippen LogP contribution in [-0.2, 0) is 11.4 Å². The van der Waals surface area contributed by atoms with E-state index in [-0.39, 0.29) is 5.91 Å². The van der Waals surface area contributed by atoms with E-state index in [2.05, 4.69) is 34.9 Å².